The molecule has 0 spiro atoms. The number of methoxy groups -OCH3 is 1. The summed E-state index contributed by atoms with van der Waals surface area (Å²) < 4.78 is 10.7. The van der Waals surface area contributed by atoms with E-state index in [1.165, 1.54) is 7.11 Å². The van der Waals surface area contributed by atoms with E-state index in [-0.39, 0.29) is 0 Å². The first-order chi connectivity index (χ1) is 13.9. The van der Waals surface area contributed by atoms with Gasteiger partial charge in [0.05, 0.1) is 19.4 Å². The Bertz CT molecular complexity index is 811. The number of hydrogen-bond donors (Lipinski definition) is 2. The van der Waals surface area contributed by atoms with Crippen molar-refractivity contribution in [1.82, 2.24) is 14.9 Å². The van der Waals surface area contributed by atoms with Gasteiger partial charge in [0.2, 0.25) is 0 Å². The largest absolute Gasteiger partial charge is 0.491 e. The summed E-state index contributed by atoms with van der Waals surface area (Å²) in [6, 6.07) is 5.70. The highest BCUT2D eigenvalue weighted by Crippen LogP contribution is 2.31. The molecule has 2 aromatic rings. The molecule has 29 heavy (non-hydrogen) atoms. The maximum absolute atomic E-state index is 11.9. The van der Waals surface area contributed by atoms with Gasteiger partial charge < -0.3 is 24.5 Å². The maximum Gasteiger partial charge on any atom is 0.358 e. The lowest BCUT2D eigenvalue weighted by molar-refractivity contribution is -0.0296. The van der Waals surface area contributed by atoms with Crippen LogP contribution in [0.25, 0.3) is 0 Å². The molecule has 0 aromatic carbocycles. The van der Waals surface area contributed by atoms with Crippen molar-refractivity contribution in [1.29, 1.82) is 0 Å². The molecule has 3 rings (SSSR count). The number of carbonyl (C=O) groups excluding carboxylic acids is 1. The SMILES string of the molecule is COC(=O)c1[nH]c(C)c(C)c1OCCCCN1CCC(O)(c2ccccn2)CC1. The van der Waals surface area contributed by atoms with Crippen molar-refractivity contribution < 1.29 is 19.4 Å². The monoisotopic (exact) mass is 401 g/mol. The van der Waals surface area contributed by atoms with Gasteiger partial charge in [-0.2, -0.15) is 0 Å². The van der Waals surface area contributed by atoms with E-state index in [9.17, 15) is 9.90 Å². The van der Waals surface area contributed by atoms with Crippen LogP contribution in [0.1, 0.15) is 53.1 Å². The summed E-state index contributed by atoms with van der Waals surface area (Å²) in [5, 5.41) is 10.9. The summed E-state index contributed by atoms with van der Waals surface area (Å²) >= 11 is 0. The van der Waals surface area contributed by atoms with Crippen molar-refractivity contribution in [2.24, 2.45) is 0 Å². The quantitative estimate of drug-likeness (QED) is 0.522. The molecule has 0 radical (unpaired) electrons. The average molecular weight is 402 g/mol. The molecular formula is C22H31N3O4. The molecule has 1 aliphatic rings. The Morgan fingerprint density at radius 3 is 2.69 bits per heavy atom. The Labute approximate surface area is 172 Å². The van der Waals surface area contributed by atoms with E-state index in [4.69, 9.17) is 9.47 Å². The van der Waals surface area contributed by atoms with Crippen LogP contribution >= 0.6 is 0 Å². The Kier molecular flexibility index (Phi) is 6.92. The molecule has 0 aliphatic carbocycles. The number of piperidine rings is 1. The zero-order chi connectivity index (χ0) is 20.9. The maximum atomic E-state index is 11.9. The number of nitrogens with one attached hydrogen (secondary N) is 1. The molecule has 0 amide bonds. The molecule has 7 heteroatoms. The zero-order valence-corrected chi connectivity index (χ0v) is 17.5. The van der Waals surface area contributed by atoms with E-state index in [0.29, 0.717) is 30.9 Å². The highest BCUT2D eigenvalue weighted by molar-refractivity contribution is 5.91. The number of aliphatic hydroxyl groups is 1. The number of nitrogens with zero attached hydrogens (tertiary/aromatic N) is 2. The number of ether oxygens (including phenoxy) is 2. The molecule has 0 atom stereocenters. The first kappa shape index (κ1) is 21.3. The van der Waals surface area contributed by atoms with E-state index in [1.54, 1.807) is 6.20 Å². The van der Waals surface area contributed by atoms with E-state index in [2.05, 4.69) is 14.9 Å². The standard InChI is InChI=1S/C22H31N3O4/c1-16-17(2)24-19(21(26)28-3)20(16)29-15-7-6-12-25-13-9-22(27,10-14-25)18-8-4-5-11-23-18/h4-5,8,11,24,27H,6-7,9-10,12-15H2,1-3H3. The van der Waals surface area contributed by atoms with Crippen LogP contribution in [0.5, 0.6) is 5.75 Å². The van der Waals surface area contributed by atoms with E-state index >= 15 is 0 Å². The van der Waals surface area contributed by atoms with Crippen LogP contribution in [0, 0.1) is 13.8 Å². The second-order valence-corrected chi connectivity index (χ2v) is 7.71. The lowest BCUT2D eigenvalue weighted by atomic mass is 9.87. The fourth-order valence-electron chi connectivity index (χ4n) is 3.77. The fourth-order valence-corrected chi connectivity index (χ4v) is 3.77. The lowest BCUT2D eigenvalue weighted by Crippen LogP contribution is -2.43. The molecule has 1 saturated heterocycles. The molecule has 1 fully saturated rings. The minimum absolute atomic E-state index is 0.382. The highest BCUT2D eigenvalue weighted by atomic mass is 16.5. The number of esters is 1. The van der Waals surface area contributed by atoms with Crippen LogP contribution in [-0.2, 0) is 10.3 Å². The van der Waals surface area contributed by atoms with Gasteiger partial charge in [0.15, 0.2) is 11.4 Å². The van der Waals surface area contributed by atoms with Crippen molar-refractivity contribution in [3.63, 3.8) is 0 Å². The smallest absolute Gasteiger partial charge is 0.358 e. The highest BCUT2D eigenvalue weighted by Gasteiger charge is 2.34. The van der Waals surface area contributed by atoms with E-state index in [0.717, 1.165) is 49.4 Å². The van der Waals surface area contributed by atoms with Crippen LogP contribution in [0.15, 0.2) is 24.4 Å². The van der Waals surface area contributed by atoms with Gasteiger partial charge in [-0.15, -0.1) is 0 Å². The van der Waals surface area contributed by atoms with E-state index in [1.807, 2.05) is 32.0 Å². The predicted molar refractivity (Wildman–Crippen MR) is 110 cm³/mol. The van der Waals surface area contributed by atoms with Crippen molar-refractivity contribution in [2.75, 3.05) is 33.4 Å². The predicted octanol–water partition coefficient (Wildman–Crippen LogP) is 2.96. The summed E-state index contributed by atoms with van der Waals surface area (Å²) in [6.45, 7) is 7.08. The van der Waals surface area contributed by atoms with Gasteiger partial charge in [-0.3, -0.25) is 4.98 Å². The third-order valence-corrected chi connectivity index (χ3v) is 5.77. The van der Waals surface area contributed by atoms with Crippen LogP contribution in [0.2, 0.25) is 0 Å². The molecular weight excluding hydrogens is 370 g/mol. The molecule has 2 N–H and O–H groups in total. The van der Waals surface area contributed by atoms with Gasteiger partial charge in [0.25, 0.3) is 0 Å². The number of likely N-dealkylation sites (tertiary alicyclic amines) is 1. The number of H-pyrrole nitrogens is 1. The van der Waals surface area contributed by atoms with Crippen molar-refractivity contribution in [3.05, 3.63) is 47.0 Å². The number of aromatic nitrogens is 2. The molecule has 7 nitrogen and oxygen atoms in total. The fraction of sp³-hybridized carbons (Fsp3) is 0.545. The molecule has 2 aromatic heterocycles. The van der Waals surface area contributed by atoms with Crippen molar-refractivity contribution >= 4 is 5.97 Å². The van der Waals surface area contributed by atoms with Gasteiger partial charge in [-0.1, -0.05) is 6.07 Å². The Balaban J connectivity index is 1.41. The van der Waals surface area contributed by atoms with Crippen LogP contribution in [0.3, 0.4) is 0 Å². The molecule has 0 bridgehead atoms. The molecule has 1 aliphatic heterocycles. The van der Waals surface area contributed by atoms with Gasteiger partial charge in [0.1, 0.15) is 5.60 Å². The third-order valence-electron chi connectivity index (χ3n) is 5.77. The summed E-state index contributed by atoms with van der Waals surface area (Å²) in [7, 11) is 1.37. The second kappa shape index (κ2) is 9.41. The average Bonchev–Trinajstić information content (AvgIpc) is 3.03. The first-order valence-electron chi connectivity index (χ1n) is 10.2. The van der Waals surface area contributed by atoms with Crippen molar-refractivity contribution in [2.45, 2.75) is 45.1 Å². The summed E-state index contributed by atoms with van der Waals surface area (Å²) in [4.78, 5) is 21.6. The van der Waals surface area contributed by atoms with Crippen LogP contribution in [0.4, 0.5) is 0 Å². The number of aryl methyl sites for hydroxylation is 1. The number of carbonyl (C=O) groups is 1. The summed E-state index contributed by atoms with van der Waals surface area (Å²) in [5.41, 5.74) is 2.19. The first-order valence-corrected chi connectivity index (χ1v) is 10.2. The Morgan fingerprint density at radius 2 is 2.03 bits per heavy atom. The number of aromatic amines is 1. The Hall–Kier alpha value is -2.38. The number of hydrogen-bond acceptors (Lipinski definition) is 6. The minimum Gasteiger partial charge on any atom is -0.491 e. The van der Waals surface area contributed by atoms with Gasteiger partial charge >= 0.3 is 5.97 Å². The molecule has 0 saturated carbocycles. The van der Waals surface area contributed by atoms with Crippen molar-refractivity contribution in [3.8, 4) is 5.75 Å². The van der Waals surface area contributed by atoms with Crippen LogP contribution in [-0.4, -0.2) is 59.3 Å². The lowest BCUT2D eigenvalue weighted by Gasteiger charge is -2.37. The van der Waals surface area contributed by atoms with Crippen LogP contribution < -0.4 is 4.74 Å². The number of rotatable bonds is 8. The normalized spacial score (nSPS) is 16.6. The minimum atomic E-state index is -0.811. The third kappa shape index (κ3) is 4.97. The van der Waals surface area contributed by atoms with Gasteiger partial charge in [-0.05, 0) is 58.2 Å². The number of unbranched alkanes of at least 4 members (excludes halogenated alkanes) is 1. The van der Waals surface area contributed by atoms with Gasteiger partial charge in [-0.25, -0.2) is 4.79 Å². The second-order valence-electron chi connectivity index (χ2n) is 7.71. The molecule has 0 unspecified atom stereocenters. The molecule has 158 valence electrons. The van der Waals surface area contributed by atoms with E-state index < -0.39 is 11.6 Å². The zero-order valence-electron chi connectivity index (χ0n) is 17.5. The topological polar surface area (TPSA) is 87.7 Å². The Morgan fingerprint density at radius 1 is 1.28 bits per heavy atom. The summed E-state index contributed by atoms with van der Waals surface area (Å²) in [6.07, 6.45) is 5.03. The van der Waals surface area contributed by atoms with Gasteiger partial charge in [0, 0.05) is 30.5 Å². The number of pyridine rings is 1. The summed E-state index contributed by atoms with van der Waals surface area (Å²) in [5.74, 6) is 0.178. The molecule has 3 heterocycles.